The van der Waals surface area contributed by atoms with E-state index < -0.39 is 0 Å². The Morgan fingerprint density at radius 1 is 1.62 bits per heavy atom. The van der Waals surface area contributed by atoms with E-state index in [-0.39, 0.29) is 6.04 Å². The summed E-state index contributed by atoms with van der Waals surface area (Å²) in [6, 6.07) is 0.104. The van der Waals surface area contributed by atoms with Gasteiger partial charge in [0.15, 0.2) is 5.82 Å². The molecule has 72 valence electrons. The highest BCUT2D eigenvalue weighted by molar-refractivity contribution is 5.00. The molecule has 0 spiro atoms. The minimum absolute atomic E-state index is 0.104. The van der Waals surface area contributed by atoms with Crippen LogP contribution in [0.5, 0.6) is 0 Å². The smallest absolute Gasteiger partial charge is 0.151 e. The van der Waals surface area contributed by atoms with Crippen LogP contribution in [0.3, 0.4) is 0 Å². The van der Waals surface area contributed by atoms with Gasteiger partial charge in [-0.3, -0.25) is 0 Å². The first-order valence-corrected chi connectivity index (χ1v) is 5.00. The summed E-state index contributed by atoms with van der Waals surface area (Å²) in [5.41, 5.74) is 5.93. The molecule has 1 unspecified atom stereocenters. The minimum Gasteiger partial charge on any atom is -0.321 e. The van der Waals surface area contributed by atoms with Crippen molar-refractivity contribution >= 4 is 0 Å². The molecular weight excluding hydrogens is 164 g/mol. The third kappa shape index (κ3) is 1.58. The van der Waals surface area contributed by atoms with E-state index in [1.54, 1.807) is 0 Å². The zero-order valence-corrected chi connectivity index (χ0v) is 8.03. The maximum Gasteiger partial charge on any atom is 0.151 e. The van der Waals surface area contributed by atoms with Gasteiger partial charge in [0.2, 0.25) is 0 Å². The molecule has 2 heterocycles. The maximum atomic E-state index is 5.93. The number of fused-ring (bicyclic) bond motifs is 1. The summed E-state index contributed by atoms with van der Waals surface area (Å²) < 4.78 is 1.97. The molecule has 0 saturated carbocycles. The van der Waals surface area contributed by atoms with E-state index in [2.05, 4.69) is 17.0 Å². The molecule has 1 aliphatic heterocycles. The van der Waals surface area contributed by atoms with Gasteiger partial charge in [0.05, 0.1) is 6.04 Å². The number of nitrogens with two attached hydrogens (primary N) is 1. The fraction of sp³-hybridized carbons (Fsp3) is 0.778. The second-order valence-corrected chi connectivity index (χ2v) is 3.61. The number of aryl methyl sites for hydroxylation is 2. The van der Waals surface area contributed by atoms with E-state index in [1.807, 2.05) is 4.68 Å². The predicted molar refractivity (Wildman–Crippen MR) is 50.2 cm³/mol. The molecule has 0 aromatic carbocycles. The van der Waals surface area contributed by atoms with Gasteiger partial charge in [0, 0.05) is 13.0 Å². The van der Waals surface area contributed by atoms with E-state index in [9.17, 15) is 0 Å². The number of hydrogen-bond donors (Lipinski definition) is 1. The molecule has 0 radical (unpaired) electrons. The average molecular weight is 180 g/mol. The van der Waals surface area contributed by atoms with Crippen molar-refractivity contribution in [2.24, 2.45) is 5.73 Å². The number of hydrogen-bond acceptors (Lipinski definition) is 3. The van der Waals surface area contributed by atoms with Crippen LogP contribution in [0.15, 0.2) is 0 Å². The number of rotatable bonds is 2. The highest BCUT2D eigenvalue weighted by atomic mass is 15.4. The zero-order valence-electron chi connectivity index (χ0n) is 8.03. The van der Waals surface area contributed by atoms with Gasteiger partial charge < -0.3 is 5.73 Å². The molecule has 0 amide bonds. The standard InChI is InChI=1S/C9H16N4/c1-2-4-8-11-9-7(10)5-3-6-13(9)12-8/h7H,2-6,10H2,1H3. The first-order valence-electron chi connectivity index (χ1n) is 5.00. The van der Waals surface area contributed by atoms with Crippen LogP contribution in [0.1, 0.15) is 43.9 Å². The molecule has 0 saturated heterocycles. The van der Waals surface area contributed by atoms with E-state index in [0.29, 0.717) is 0 Å². The predicted octanol–water partition coefficient (Wildman–Crippen LogP) is 1.02. The first-order chi connectivity index (χ1) is 6.31. The van der Waals surface area contributed by atoms with Crippen LogP contribution in [0.4, 0.5) is 0 Å². The lowest BCUT2D eigenvalue weighted by molar-refractivity contribution is 0.421. The van der Waals surface area contributed by atoms with Crippen molar-refractivity contribution in [3.63, 3.8) is 0 Å². The summed E-state index contributed by atoms with van der Waals surface area (Å²) >= 11 is 0. The average Bonchev–Trinajstić information content (AvgIpc) is 2.49. The molecule has 0 aliphatic carbocycles. The van der Waals surface area contributed by atoms with E-state index in [4.69, 9.17) is 5.73 Å². The molecular formula is C9H16N4. The number of nitrogens with zero attached hydrogens (tertiary/aromatic N) is 3. The zero-order chi connectivity index (χ0) is 9.26. The molecule has 0 fully saturated rings. The summed E-state index contributed by atoms with van der Waals surface area (Å²) in [5, 5.41) is 4.42. The molecule has 1 aromatic heterocycles. The fourth-order valence-corrected chi connectivity index (χ4v) is 1.76. The van der Waals surface area contributed by atoms with Gasteiger partial charge in [-0.2, -0.15) is 5.10 Å². The molecule has 4 nitrogen and oxygen atoms in total. The molecule has 0 bridgehead atoms. The van der Waals surface area contributed by atoms with Crippen molar-refractivity contribution < 1.29 is 0 Å². The Bertz CT molecular complexity index is 292. The monoisotopic (exact) mass is 180 g/mol. The molecule has 13 heavy (non-hydrogen) atoms. The Labute approximate surface area is 78.1 Å². The van der Waals surface area contributed by atoms with Gasteiger partial charge in [-0.05, 0) is 19.3 Å². The summed E-state index contributed by atoms with van der Waals surface area (Å²) in [5.74, 6) is 1.93. The van der Waals surface area contributed by atoms with Gasteiger partial charge in [-0.15, -0.1) is 0 Å². The summed E-state index contributed by atoms with van der Waals surface area (Å²) in [6.07, 6.45) is 4.23. The van der Waals surface area contributed by atoms with E-state index in [0.717, 1.165) is 43.9 Å². The highest BCUT2D eigenvalue weighted by Crippen LogP contribution is 2.20. The maximum absolute atomic E-state index is 5.93. The molecule has 1 aromatic rings. The highest BCUT2D eigenvalue weighted by Gasteiger charge is 2.20. The third-order valence-corrected chi connectivity index (χ3v) is 2.43. The third-order valence-electron chi connectivity index (χ3n) is 2.43. The van der Waals surface area contributed by atoms with Crippen LogP contribution in [0.2, 0.25) is 0 Å². The van der Waals surface area contributed by atoms with Gasteiger partial charge in [0.25, 0.3) is 0 Å². The topological polar surface area (TPSA) is 56.7 Å². The van der Waals surface area contributed by atoms with E-state index in [1.165, 1.54) is 0 Å². The largest absolute Gasteiger partial charge is 0.321 e. The van der Waals surface area contributed by atoms with Crippen LogP contribution in [-0.2, 0) is 13.0 Å². The van der Waals surface area contributed by atoms with Crippen LogP contribution in [0, 0.1) is 0 Å². The van der Waals surface area contributed by atoms with E-state index >= 15 is 0 Å². The quantitative estimate of drug-likeness (QED) is 0.739. The van der Waals surface area contributed by atoms with Gasteiger partial charge in [-0.25, -0.2) is 9.67 Å². The summed E-state index contributed by atoms with van der Waals surface area (Å²) in [7, 11) is 0. The molecule has 1 aliphatic rings. The second-order valence-electron chi connectivity index (χ2n) is 3.61. The lowest BCUT2D eigenvalue weighted by Gasteiger charge is -2.17. The normalized spacial score (nSPS) is 21.5. The Kier molecular flexibility index (Phi) is 2.31. The number of aromatic nitrogens is 3. The molecule has 2 rings (SSSR count). The van der Waals surface area contributed by atoms with Crippen LogP contribution >= 0.6 is 0 Å². The second kappa shape index (κ2) is 3.46. The van der Waals surface area contributed by atoms with Gasteiger partial charge in [0.1, 0.15) is 5.82 Å². The Morgan fingerprint density at radius 3 is 3.15 bits per heavy atom. The van der Waals surface area contributed by atoms with Crippen molar-refractivity contribution in [1.82, 2.24) is 14.8 Å². The summed E-state index contributed by atoms with van der Waals surface area (Å²) in [6.45, 7) is 3.12. The SMILES string of the molecule is CCCc1nc2n(n1)CCCC2N. The Balaban J connectivity index is 2.25. The minimum atomic E-state index is 0.104. The fourth-order valence-electron chi connectivity index (χ4n) is 1.76. The van der Waals surface area contributed by atoms with Crippen LogP contribution < -0.4 is 5.73 Å². The van der Waals surface area contributed by atoms with Crippen molar-refractivity contribution in [2.75, 3.05) is 0 Å². The lowest BCUT2D eigenvalue weighted by atomic mass is 10.1. The molecule has 1 atom stereocenters. The van der Waals surface area contributed by atoms with Crippen LogP contribution in [0.25, 0.3) is 0 Å². The Hall–Kier alpha value is -0.900. The van der Waals surface area contributed by atoms with Gasteiger partial charge in [-0.1, -0.05) is 6.92 Å². The lowest BCUT2D eigenvalue weighted by Crippen LogP contribution is -2.22. The Morgan fingerprint density at radius 2 is 2.46 bits per heavy atom. The summed E-state index contributed by atoms with van der Waals surface area (Å²) in [4.78, 5) is 4.45. The van der Waals surface area contributed by atoms with Crippen molar-refractivity contribution in [1.29, 1.82) is 0 Å². The van der Waals surface area contributed by atoms with Crippen molar-refractivity contribution in [3.8, 4) is 0 Å². The van der Waals surface area contributed by atoms with Gasteiger partial charge >= 0.3 is 0 Å². The van der Waals surface area contributed by atoms with Crippen molar-refractivity contribution in [3.05, 3.63) is 11.6 Å². The van der Waals surface area contributed by atoms with Crippen LogP contribution in [-0.4, -0.2) is 14.8 Å². The molecule has 2 N–H and O–H groups in total. The molecule has 4 heteroatoms. The first kappa shape index (κ1) is 8.69. The van der Waals surface area contributed by atoms with Crippen molar-refractivity contribution in [2.45, 2.75) is 45.2 Å².